The summed E-state index contributed by atoms with van der Waals surface area (Å²) in [6, 6.07) is 9.96. The number of rotatable bonds is 6. The number of amides is 1. The SMILES string of the molecule is CC(C)Cc1nnc(NC(=O)Cc2csc(-c3ccccc3)n2)s1. The summed E-state index contributed by atoms with van der Waals surface area (Å²) in [6.07, 6.45) is 1.11. The molecule has 0 unspecified atom stereocenters. The molecule has 1 N–H and O–H groups in total. The molecule has 3 aromatic rings. The van der Waals surface area contributed by atoms with Crippen LogP contribution in [0.25, 0.3) is 10.6 Å². The second kappa shape index (κ2) is 7.63. The van der Waals surface area contributed by atoms with Gasteiger partial charge in [-0.15, -0.1) is 21.5 Å². The molecule has 7 heteroatoms. The summed E-state index contributed by atoms with van der Waals surface area (Å²) in [5.41, 5.74) is 1.83. The minimum absolute atomic E-state index is 0.118. The summed E-state index contributed by atoms with van der Waals surface area (Å²) < 4.78 is 0. The second-order valence-corrected chi connectivity index (χ2v) is 7.75. The summed E-state index contributed by atoms with van der Waals surface area (Å²) in [4.78, 5) is 16.7. The van der Waals surface area contributed by atoms with Gasteiger partial charge in [-0.3, -0.25) is 4.79 Å². The molecule has 1 amide bonds. The first-order chi connectivity index (χ1) is 11.6. The van der Waals surface area contributed by atoms with E-state index in [0.29, 0.717) is 11.0 Å². The van der Waals surface area contributed by atoms with Crippen LogP contribution >= 0.6 is 22.7 Å². The van der Waals surface area contributed by atoms with Crippen LogP contribution in [0, 0.1) is 5.92 Å². The van der Waals surface area contributed by atoms with Crippen molar-refractivity contribution in [2.75, 3.05) is 5.32 Å². The van der Waals surface area contributed by atoms with Gasteiger partial charge in [-0.25, -0.2) is 4.98 Å². The zero-order valence-corrected chi connectivity index (χ0v) is 15.2. The Morgan fingerprint density at radius 2 is 2.00 bits per heavy atom. The van der Waals surface area contributed by atoms with E-state index in [0.717, 1.165) is 27.7 Å². The van der Waals surface area contributed by atoms with E-state index in [1.807, 2.05) is 35.7 Å². The largest absolute Gasteiger partial charge is 0.300 e. The van der Waals surface area contributed by atoms with Crippen molar-refractivity contribution in [3.05, 3.63) is 46.4 Å². The maximum atomic E-state index is 12.2. The number of carbonyl (C=O) groups excluding carboxylic acids is 1. The highest BCUT2D eigenvalue weighted by Gasteiger charge is 2.12. The van der Waals surface area contributed by atoms with Gasteiger partial charge in [0.2, 0.25) is 11.0 Å². The lowest BCUT2D eigenvalue weighted by molar-refractivity contribution is -0.115. The third-order valence-electron chi connectivity index (χ3n) is 3.21. The highest BCUT2D eigenvalue weighted by atomic mass is 32.1. The Labute approximate surface area is 148 Å². The molecule has 2 aromatic heterocycles. The smallest absolute Gasteiger partial charge is 0.232 e. The molecular formula is C17H18N4OS2. The molecule has 5 nitrogen and oxygen atoms in total. The highest BCUT2D eigenvalue weighted by molar-refractivity contribution is 7.15. The predicted octanol–water partition coefficient (Wildman–Crippen LogP) is 4.04. The molecule has 0 spiro atoms. The molecule has 3 rings (SSSR count). The van der Waals surface area contributed by atoms with Gasteiger partial charge in [0, 0.05) is 17.4 Å². The van der Waals surface area contributed by atoms with E-state index in [1.54, 1.807) is 11.3 Å². The fourth-order valence-corrected chi connectivity index (χ4v) is 3.96. The number of carbonyl (C=O) groups is 1. The fourth-order valence-electron chi connectivity index (χ4n) is 2.17. The number of thiazole rings is 1. The van der Waals surface area contributed by atoms with Crippen molar-refractivity contribution in [1.29, 1.82) is 0 Å². The van der Waals surface area contributed by atoms with Gasteiger partial charge in [-0.2, -0.15) is 0 Å². The van der Waals surface area contributed by atoms with Crippen molar-refractivity contribution in [1.82, 2.24) is 15.2 Å². The first kappa shape index (κ1) is 16.7. The van der Waals surface area contributed by atoms with Crippen LogP contribution in [0.1, 0.15) is 24.5 Å². The average molecular weight is 358 g/mol. The van der Waals surface area contributed by atoms with Crippen molar-refractivity contribution in [3.63, 3.8) is 0 Å². The third kappa shape index (κ3) is 4.46. The number of nitrogens with zero attached hydrogens (tertiary/aromatic N) is 3. The molecule has 1 aromatic carbocycles. The normalized spacial score (nSPS) is 11.0. The molecule has 0 fully saturated rings. The molecule has 24 heavy (non-hydrogen) atoms. The van der Waals surface area contributed by atoms with E-state index in [1.165, 1.54) is 11.3 Å². The van der Waals surface area contributed by atoms with Crippen LogP contribution in [0.3, 0.4) is 0 Å². The molecule has 124 valence electrons. The maximum Gasteiger partial charge on any atom is 0.232 e. The lowest BCUT2D eigenvalue weighted by Crippen LogP contribution is -2.14. The van der Waals surface area contributed by atoms with E-state index in [-0.39, 0.29) is 12.3 Å². The Morgan fingerprint density at radius 3 is 2.75 bits per heavy atom. The van der Waals surface area contributed by atoms with Crippen molar-refractivity contribution in [2.45, 2.75) is 26.7 Å². The topological polar surface area (TPSA) is 67.8 Å². The summed E-state index contributed by atoms with van der Waals surface area (Å²) >= 11 is 2.98. The molecule has 0 bridgehead atoms. The van der Waals surface area contributed by atoms with Crippen LogP contribution in [0.15, 0.2) is 35.7 Å². The zero-order chi connectivity index (χ0) is 16.9. The van der Waals surface area contributed by atoms with Gasteiger partial charge in [0.15, 0.2) is 0 Å². The van der Waals surface area contributed by atoms with Gasteiger partial charge in [-0.1, -0.05) is 55.5 Å². The van der Waals surface area contributed by atoms with E-state index in [4.69, 9.17) is 0 Å². The Balaban J connectivity index is 1.59. The Hall–Kier alpha value is -2.12. The van der Waals surface area contributed by atoms with Gasteiger partial charge in [-0.05, 0) is 5.92 Å². The summed E-state index contributed by atoms with van der Waals surface area (Å²) in [7, 11) is 0. The van der Waals surface area contributed by atoms with Crippen LogP contribution in [0.5, 0.6) is 0 Å². The Bertz CT molecular complexity index is 811. The summed E-state index contributed by atoms with van der Waals surface area (Å²) in [6.45, 7) is 4.26. The number of hydrogen-bond donors (Lipinski definition) is 1. The van der Waals surface area contributed by atoms with E-state index >= 15 is 0 Å². The standard InChI is InChI=1S/C17H18N4OS2/c1-11(2)8-15-20-21-17(24-15)19-14(22)9-13-10-23-16(18-13)12-6-4-3-5-7-12/h3-7,10-11H,8-9H2,1-2H3,(H,19,21,22). The molecular weight excluding hydrogens is 340 g/mol. The van der Waals surface area contributed by atoms with Crippen molar-refractivity contribution in [3.8, 4) is 10.6 Å². The molecule has 2 heterocycles. The van der Waals surface area contributed by atoms with Gasteiger partial charge < -0.3 is 5.32 Å². The van der Waals surface area contributed by atoms with Crippen molar-refractivity contribution >= 4 is 33.7 Å². The van der Waals surface area contributed by atoms with Crippen molar-refractivity contribution in [2.24, 2.45) is 5.92 Å². The molecule has 0 saturated carbocycles. The first-order valence-electron chi connectivity index (χ1n) is 7.72. The lowest BCUT2D eigenvalue weighted by Gasteiger charge is -1.99. The number of benzene rings is 1. The monoisotopic (exact) mass is 358 g/mol. The van der Waals surface area contributed by atoms with Crippen LogP contribution in [-0.4, -0.2) is 21.1 Å². The van der Waals surface area contributed by atoms with E-state index in [9.17, 15) is 4.79 Å². The molecule has 0 atom stereocenters. The molecule has 0 aliphatic heterocycles. The maximum absolute atomic E-state index is 12.2. The van der Waals surface area contributed by atoms with Crippen LogP contribution < -0.4 is 5.32 Å². The van der Waals surface area contributed by atoms with E-state index < -0.39 is 0 Å². The van der Waals surface area contributed by atoms with Gasteiger partial charge in [0.1, 0.15) is 10.0 Å². The minimum Gasteiger partial charge on any atom is -0.300 e. The molecule has 0 aliphatic carbocycles. The zero-order valence-electron chi connectivity index (χ0n) is 13.5. The number of aromatic nitrogens is 3. The lowest BCUT2D eigenvalue weighted by atomic mass is 10.1. The molecule has 0 saturated heterocycles. The Morgan fingerprint density at radius 1 is 1.21 bits per heavy atom. The summed E-state index contributed by atoms with van der Waals surface area (Å²) in [5, 5.41) is 15.3. The molecule has 0 radical (unpaired) electrons. The van der Waals surface area contributed by atoms with Gasteiger partial charge in [0.05, 0.1) is 12.1 Å². The van der Waals surface area contributed by atoms with E-state index in [2.05, 4.69) is 34.3 Å². The number of anilines is 1. The Kier molecular flexibility index (Phi) is 5.32. The quantitative estimate of drug-likeness (QED) is 0.722. The first-order valence-corrected chi connectivity index (χ1v) is 9.42. The molecule has 0 aliphatic rings. The third-order valence-corrected chi connectivity index (χ3v) is 5.01. The van der Waals surface area contributed by atoms with Gasteiger partial charge >= 0.3 is 0 Å². The predicted molar refractivity (Wildman–Crippen MR) is 98.3 cm³/mol. The number of nitrogens with one attached hydrogen (secondary N) is 1. The highest BCUT2D eigenvalue weighted by Crippen LogP contribution is 2.24. The van der Waals surface area contributed by atoms with Crippen molar-refractivity contribution < 1.29 is 4.79 Å². The fraction of sp³-hybridized carbons (Fsp3) is 0.294. The van der Waals surface area contributed by atoms with Crippen LogP contribution in [-0.2, 0) is 17.6 Å². The van der Waals surface area contributed by atoms with Gasteiger partial charge in [0.25, 0.3) is 0 Å². The summed E-state index contributed by atoms with van der Waals surface area (Å²) in [5.74, 6) is 0.403. The minimum atomic E-state index is -0.118. The second-order valence-electron chi connectivity index (χ2n) is 5.83. The average Bonchev–Trinajstić information content (AvgIpc) is 3.17. The van der Waals surface area contributed by atoms with Crippen LogP contribution in [0.4, 0.5) is 5.13 Å². The van der Waals surface area contributed by atoms with Crippen LogP contribution in [0.2, 0.25) is 0 Å². The number of hydrogen-bond acceptors (Lipinski definition) is 6.